The minimum atomic E-state index is -0.637. The first-order chi connectivity index (χ1) is 13.6. The third-order valence-corrected chi connectivity index (χ3v) is 4.97. The van der Waals surface area contributed by atoms with Gasteiger partial charge in [-0.15, -0.1) is 0 Å². The third-order valence-electron chi connectivity index (χ3n) is 4.97. The molecule has 1 aliphatic rings. The van der Waals surface area contributed by atoms with Crippen molar-refractivity contribution >= 4 is 11.5 Å². The number of piperazine rings is 1. The van der Waals surface area contributed by atoms with Crippen LogP contribution in [0.1, 0.15) is 23.7 Å². The zero-order valence-corrected chi connectivity index (χ0v) is 16.2. The van der Waals surface area contributed by atoms with Crippen LogP contribution in [-0.2, 0) is 0 Å². The summed E-state index contributed by atoms with van der Waals surface area (Å²) in [5, 5.41) is 10.4. The monoisotopic (exact) mass is 386 g/mol. The maximum absolute atomic E-state index is 13.1. The second kappa shape index (κ2) is 9.66. The summed E-state index contributed by atoms with van der Waals surface area (Å²) in [4.78, 5) is 16.4. The zero-order chi connectivity index (χ0) is 19.9. The average Bonchev–Trinajstić information content (AvgIpc) is 2.73. The van der Waals surface area contributed by atoms with Crippen LogP contribution in [0.3, 0.4) is 0 Å². The van der Waals surface area contributed by atoms with E-state index in [-0.39, 0.29) is 18.2 Å². The summed E-state index contributed by atoms with van der Waals surface area (Å²) in [6.07, 6.45) is -0.219. The molecule has 0 aliphatic carbocycles. The summed E-state index contributed by atoms with van der Waals surface area (Å²) in [7, 11) is 0. The Balaban J connectivity index is 1.46. The van der Waals surface area contributed by atoms with Crippen molar-refractivity contribution in [2.24, 2.45) is 0 Å². The van der Waals surface area contributed by atoms with Crippen molar-refractivity contribution in [2.45, 2.75) is 19.4 Å². The highest BCUT2D eigenvalue weighted by atomic mass is 19.1. The number of anilines is 1. The molecule has 1 aliphatic heterocycles. The van der Waals surface area contributed by atoms with Gasteiger partial charge >= 0.3 is 0 Å². The highest BCUT2D eigenvalue weighted by Gasteiger charge is 2.20. The van der Waals surface area contributed by atoms with Crippen LogP contribution in [0, 0.1) is 5.82 Å². The van der Waals surface area contributed by atoms with Crippen molar-refractivity contribution < 1.29 is 19.0 Å². The summed E-state index contributed by atoms with van der Waals surface area (Å²) in [6.45, 7) is 5.77. The molecule has 1 heterocycles. The van der Waals surface area contributed by atoms with E-state index in [1.54, 1.807) is 24.3 Å². The number of hydrogen-bond donors (Lipinski definition) is 1. The molecule has 6 heteroatoms. The Morgan fingerprint density at radius 3 is 2.46 bits per heavy atom. The van der Waals surface area contributed by atoms with Crippen LogP contribution in [0.4, 0.5) is 10.1 Å². The molecule has 1 N–H and O–H groups in total. The Hall–Kier alpha value is -2.44. The van der Waals surface area contributed by atoms with E-state index >= 15 is 0 Å². The molecule has 0 bridgehead atoms. The minimum Gasteiger partial charge on any atom is -0.490 e. The van der Waals surface area contributed by atoms with Crippen LogP contribution in [0.15, 0.2) is 48.5 Å². The molecule has 2 aromatic carbocycles. The summed E-state index contributed by atoms with van der Waals surface area (Å²) in [5.74, 6) is 0.323. The smallest absolute Gasteiger partial charge is 0.166 e. The summed E-state index contributed by atoms with van der Waals surface area (Å²) in [5.41, 5.74) is 1.58. The highest BCUT2D eigenvalue weighted by Crippen LogP contribution is 2.20. The Kier molecular flexibility index (Phi) is 7.01. The maximum Gasteiger partial charge on any atom is 0.166 e. The maximum atomic E-state index is 13.1. The molecule has 0 unspecified atom stereocenters. The number of carbonyl (C=O) groups is 1. The number of Topliss-reactive ketones (excluding diaryl/α,β-unsaturated/α-hetero) is 1. The molecule has 0 saturated carbocycles. The number of halogens is 1. The van der Waals surface area contributed by atoms with Crippen molar-refractivity contribution in [3.05, 3.63) is 59.9 Å². The quantitative estimate of drug-likeness (QED) is 0.707. The predicted octanol–water partition coefficient (Wildman–Crippen LogP) is 2.98. The molecule has 1 saturated heterocycles. The van der Waals surface area contributed by atoms with Gasteiger partial charge in [0.1, 0.15) is 24.3 Å². The van der Waals surface area contributed by atoms with Gasteiger partial charge < -0.3 is 14.7 Å². The fourth-order valence-corrected chi connectivity index (χ4v) is 3.39. The lowest BCUT2D eigenvalue weighted by Crippen LogP contribution is -2.49. The molecule has 0 aromatic heterocycles. The number of aliphatic hydroxyl groups is 1. The van der Waals surface area contributed by atoms with E-state index in [4.69, 9.17) is 4.74 Å². The van der Waals surface area contributed by atoms with Gasteiger partial charge in [0.15, 0.2) is 5.78 Å². The Morgan fingerprint density at radius 2 is 1.79 bits per heavy atom. The fraction of sp³-hybridized carbons (Fsp3) is 0.409. The van der Waals surface area contributed by atoms with Crippen LogP contribution >= 0.6 is 0 Å². The first-order valence-corrected chi connectivity index (χ1v) is 9.72. The van der Waals surface area contributed by atoms with E-state index in [1.807, 2.05) is 19.1 Å². The lowest BCUT2D eigenvalue weighted by atomic mass is 10.1. The number of para-hydroxylation sites is 1. The summed E-state index contributed by atoms with van der Waals surface area (Å²) < 4.78 is 18.8. The standard InChI is InChI=1S/C22H27FN2O3/c1-2-21(27)20-5-3-4-6-22(20)28-16-19(26)15-24-11-13-25(14-12-24)18-9-7-17(23)8-10-18/h3-10,19,26H,2,11-16H2,1H3/t19-/m1/s1. The molecule has 0 spiro atoms. The molecule has 28 heavy (non-hydrogen) atoms. The lowest BCUT2D eigenvalue weighted by Gasteiger charge is -2.36. The van der Waals surface area contributed by atoms with Crippen molar-refractivity contribution in [3.63, 3.8) is 0 Å². The number of carbonyl (C=O) groups excluding carboxylic acids is 1. The Bertz CT molecular complexity index is 774. The van der Waals surface area contributed by atoms with Gasteiger partial charge in [-0.25, -0.2) is 4.39 Å². The Morgan fingerprint density at radius 1 is 1.11 bits per heavy atom. The van der Waals surface area contributed by atoms with Gasteiger partial charge in [-0.1, -0.05) is 19.1 Å². The van der Waals surface area contributed by atoms with Crippen molar-refractivity contribution in [1.29, 1.82) is 0 Å². The number of aliphatic hydroxyl groups excluding tert-OH is 1. The third kappa shape index (κ3) is 5.30. The molecule has 0 radical (unpaired) electrons. The Labute approximate surface area is 165 Å². The fourth-order valence-electron chi connectivity index (χ4n) is 3.39. The molecular formula is C22H27FN2O3. The number of ether oxygens (including phenoxy) is 1. The van der Waals surface area contributed by atoms with E-state index in [0.29, 0.717) is 24.3 Å². The van der Waals surface area contributed by atoms with Crippen LogP contribution in [-0.4, -0.2) is 61.2 Å². The molecule has 0 amide bonds. The van der Waals surface area contributed by atoms with Crippen molar-refractivity contribution in [1.82, 2.24) is 4.90 Å². The van der Waals surface area contributed by atoms with Gasteiger partial charge in [-0.3, -0.25) is 9.69 Å². The average molecular weight is 386 g/mol. The summed E-state index contributed by atoms with van der Waals surface area (Å²) >= 11 is 0. The number of benzene rings is 2. The second-order valence-corrected chi connectivity index (χ2v) is 7.00. The van der Waals surface area contributed by atoms with Gasteiger partial charge in [0.2, 0.25) is 0 Å². The first-order valence-electron chi connectivity index (χ1n) is 9.72. The van der Waals surface area contributed by atoms with Gasteiger partial charge in [0, 0.05) is 44.8 Å². The van der Waals surface area contributed by atoms with Crippen LogP contribution in [0.5, 0.6) is 5.75 Å². The minimum absolute atomic E-state index is 0.0296. The molecule has 150 valence electrons. The molecule has 3 rings (SSSR count). The topological polar surface area (TPSA) is 53.0 Å². The van der Waals surface area contributed by atoms with E-state index in [0.717, 1.165) is 31.9 Å². The van der Waals surface area contributed by atoms with E-state index < -0.39 is 6.10 Å². The molecular weight excluding hydrogens is 359 g/mol. The van der Waals surface area contributed by atoms with Crippen molar-refractivity contribution in [2.75, 3.05) is 44.2 Å². The van der Waals surface area contributed by atoms with Crippen LogP contribution < -0.4 is 9.64 Å². The van der Waals surface area contributed by atoms with Crippen LogP contribution in [0.2, 0.25) is 0 Å². The predicted molar refractivity (Wildman–Crippen MR) is 108 cm³/mol. The molecule has 2 aromatic rings. The molecule has 1 atom stereocenters. The van der Waals surface area contributed by atoms with E-state index in [1.165, 1.54) is 12.1 Å². The highest BCUT2D eigenvalue weighted by molar-refractivity contribution is 5.98. The summed E-state index contributed by atoms with van der Waals surface area (Å²) in [6, 6.07) is 13.7. The van der Waals surface area contributed by atoms with E-state index in [9.17, 15) is 14.3 Å². The number of rotatable bonds is 8. The second-order valence-electron chi connectivity index (χ2n) is 7.00. The molecule has 5 nitrogen and oxygen atoms in total. The SMILES string of the molecule is CCC(=O)c1ccccc1OC[C@H](O)CN1CCN(c2ccc(F)cc2)CC1. The number of nitrogens with zero attached hydrogens (tertiary/aromatic N) is 2. The lowest BCUT2D eigenvalue weighted by molar-refractivity contribution is 0.0655. The zero-order valence-electron chi connectivity index (χ0n) is 16.2. The number of β-amino-alcohol motifs (C(OH)–C–C–N with tert-alkyl or cyclic N) is 1. The van der Waals surface area contributed by atoms with Crippen molar-refractivity contribution in [3.8, 4) is 5.75 Å². The van der Waals surface area contributed by atoms with Gasteiger partial charge in [0.25, 0.3) is 0 Å². The first kappa shape index (κ1) is 20.3. The number of hydrogen-bond acceptors (Lipinski definition) is 5. The number of ketones is 1. The molecule has 1 fully saturated rings. The van der Waals surface area contributed by atoms with Gasteiger partial charge in [-0.05, 0) is 36.4 Å². The van der Waals surface area contributed by atoms with Gasteiger partial charge in [0.05, 0.1) is 5.56 Å². The normalized spacial score (nSPS) is 16.0. The largest absolute Gasteiger partial charge is 0.490 e. The van der Waals surface area contributed by atoms with Gasteiger partial charge in [-0.2, -0.15) is 0 Å². The van der Waals surface area contributed by atoms with E-state index in [2.05, 4.69) is 9.80 Å². The van der Waals surface area contributed by atoms with Crippen LogP contribution in [0.25, 0.3) is 0 Å².